The second-order valence-corrected chi connectivity index (χ2v) is 7.00. The summed E-state index contributed by atoms with van der Waals surface area (Å²) in [4.78, 5) is 38.9. The molecule has 2 amide bonds. The summed E-state index contributed by atoms with van der Waals surface area (Å²) in [6.45, 7) is 0.719. The predicted octanol–water partition coefficient (Wildman–Crippen LogP) is 2.71. The van der Waals surface area contributed by atoms with Crippen LogP contribution in [0.2, 0.25) is 0 Å². The van der Waals surface area contributed by atoms with Gasteiger partial charge in [0, 0.05) is 30.0 Å². The molecule has 0 aliphatic carbocycles. The van der Waals surface area contributed by atoms with E-state index < -0.39 is 0 Å². The van der Waals surface area contributed by atoms with Crippen molar-refractivity contribution in [3.63, 3.8) is 0 Å². The van der Waals surface area contributed by atoms with Gasteiger partial charge in [0.05, 0.1) is 18.3 Å². The van der Waals surface area contributed by atoms with Gasteiger partial charge >= 0.3 is 0 Å². The van der Waals surface area contributed by atoms with E-state index in [1.165, 1.54) is 35.5 Å². The Morgan fingerprint density at radius 3 is 2.96 bits per heavy atom. The fraction of sp³-hybridized carbons (Fsp3) is 0.211. The molecule has 0 radical (unpaired) electrons. The van der Waals surface area contributed by atoms with Gasteiger partial charge in [-0.3, -0.25) is 19.9 Å². The second-order valence-electron chi connectivity index (χ2n) is 6.14. The van der Waals surface area contributed by atoms with Crippen LogP contribution in [0.15, 0.2) is 48.2 Å². The SMILES string of the molecule is O=C(Nc1nc(CC(=O)N2CCCc3ccccc32)cs1)c1cnccn1. The predicted molar refractivity (Wildman–Crippen MR) is 103 cm³/mol. The van der Waals surface area contributed by atoms with Crippen molar-refractivity contribution in [3.8, 4) is 0 Å². The third-order valence-electron chi connectivity index (χ3n) is 4.31. The summed E-state index contributed by atoms with van der Waals surface area (Å²) in [6.07, 6.45) is 6.50. The van der Waals surface area contributed by atoms with E-state index in [9.17, 15) is 9.59 Å². The van der Waals surface area contributed by atoms with E-state index in [0.29, 0.717) is 10.8 Å². The summed E-state index contributed by atoms with van der Waals surface area (Å²) in [5.74, 6) is -0.362. The van der Waals surface area contributed by atoms with E-state index in [1.807, 2.05) is 23.1 Å². The minimum Gasteiger partial charge on any atom is -0.312 e. The molecule has 0 spiro atoms. The Bertz CT molecular complexity index is 973. The Morgan fingerprint density at radius 1 is 1.22 bits per heavy atom. The smallest absolute Gasteiger partial charge is 0.277 e. The Labute approximate surface area is 160 Å². The van der Waals surface area contributed by atoms with Gasteiger partial charge < -0.3 is 4.90 Å². The molecule has 27 heavy (non-hydrogen) atoms. The van der Waals surface area contributed by atoms with Crippen LogP contribution >= 0.6 is 11.3 Å². The number of nitrogens with one attached hydrogen (secondary N) is 1. The maximum Gasteiger partial charge on any atom is 0.277 e. The van der Waals surface area contributed by atoms with E-state index in [0.717, 1.165) is 25.1 Å². The van der Waals surface area contributed by atoms with Crippen LogP contribution in [0.1, 0.15) is 28.2 Å². The molecule has 0 atom stereocenters. The number of para-hydroxylation sites is 1. The lowest BCUT2D eigenvalue weighted by Crippen LogP contribution is -2.36. The van der Waals surface area contributed by atoms with Crippen LogP contribution in [0.25, 0.3) is 0 Å². The molecule has 7 nitrogen and oxygen atoms in total. The zero-order chi connectivity index (χ0) is 18.6. The van der Waals surface area contributed by atoms with Crippen molar-refractivity contribution in [2.45, 2.75) is 19.3 Å². The molecular weight excluding hydrogens is 362 g/mol. The number of aryl methyl sites for hydroxylation is 1. The summed E-state index contributed by atoms with van der Waals surface area (Å²) in [6, 6.07) is 8.00. The molecule has 1 aliphatic heterocycles. The number of nitrogens with zero attached hydrogens (tertiary/aromatic N) is 4. The summed E-state index contributed by atoms with van der Waals surface area (Å²) in [5.41, 5.74) is 3.05. The fourth-order valence-corrected chi connectivity index (χ4v) is 3.77. The summed E-state index contributed by atoms with van der Waals surface area (Å²) in [5, 5.41) is 4.92. The lowest BCUT2D eigenvalue weighted by Gasteiger charge is -2.29. The van der Waals surface area contributed by atoms with Crippen molar-refractivity contribution < 1.29 is 9.59 Å². The molecule has 0 saturated heterocycles. The first-order valence-electron chi connectivity index (χ1n) is 8.61. The highest BCUT2D eigenvalue weighted by Gasteiger charge is 2.23. The molecule has 3 aromatic rings. The van der Waals surface area contributed by atoms with Crippen LogP contribution in [-0.4, -0.2) is 33.3 Å². The zero-order valence-corrected chi connectivity index (χ0v) is 15.3. The molecule has 0 bridgehead atoms. The van der Waals surface area contributed by atoms with Crippen LogP contribution in [0.5, 0.6) is 0 Å². The van der Waals surface area contributed by atoms with E-state index in [2.05, 4.69) is 26.3 Å². The Kier molecular flexibility index (Phi) is 4.88. The van der Waals surface area contributed by atoms with Gasteiger partial charge in [-0.05, 0) is 24.5 Å². The van der Waals surface area contributed by atoms with Crippen molar-refractivity contribution in [2.24, 2.45) is 0 Å². The van der Waals surface area contributed by atoms with Gasteiger partial charge in [-0.2, -0.15) is 0 Å². The van der Waals surface area contributed by atoms with E-state index in [-0.39, 0.29) is 23.9 Å². The van der Waals surface area contributed by atoms with Crippen LogP contribution in [-0.2, 0) is 17.6 Å². The minimum absolute atomic E-state index is 0.0132. The number of carbonyl (C=O) groups is 2. The fourth-order valence-electron chi connectivity index (χ4n) is 3.07. The largest absolute Gasteiger partial charge is 0.312 e. The minimum atomic E-state index is -0.375. The first-order valence-corrected chi connectivity index (χ1v) is 9.49. The van der Waals surface area contributed by atoms with E-state index >= 15 is 0 Å². The average molecular weight is 379 g/mol. The number of fused-ring (bicyclic) bond motifs is 1. The molecule has 2 aromatic heterocycles. The third-order valence-corrected chi connectivity index (χ3v) is 5.12. The standard InChI is InChI=1S/C19H17N5O2S/c25-17(24-9-3-5-13-4-1-2-6-16(13)24)10-14-12-27-19(22-14)23-18(26)15-11-20-7-8-21-15/h1-2,4,6-8,11-12H,3,5,9-10H2,(H,22,23,26). The van der Waals surface area contributed by atoms with Crippen LogP contribution < -0.4 is 10.2 Å². The topological polar surface area (TPSA) is 88.1 Å². The summed E-state index contributed by atoms with van der Waals surface area (Å²) in [7, 11) is 0. The number of hydrogen-bond donors (Lipinski definition) is 1. The number of amides is 2. The summed E-state index contributed by atoms with van der Waals surface area (Å²) < 4.78 is 0. The summed E-state index contributed by atoms with van der Waals surface area (Å²) >= 11 is 1.28. The van der Waals surface area contributed by atoms with Gasteiger partial charge in [-0.1, -0.05) is 18.2 Å². The average Bonchev–Trinajstić information content (AvgIpc) is 3.14. The highest BCUT2D eigenvalue weighted by Crippen LogP contribution is 2.27. The first-order chi connectivity index (χ1) is 13.2. The maximum absolute atomic E-state index is 12.8. The molecule has 1 N–H and O–H groups in total. The lowest BCUT2D eigenvalue weighted by molar-refractivity contribution is -0.118. The number of thiazole rings is 1. The maximum atomic E-state index is 12.8. The molecule has 0 fully saturated rings. The van der Waals surface area contributed by atoms with Gasteiger partial charge in [0.25, 0.3) is 5.91 Å². The molecule has 1 aromatic carbocycles. The quantitative estimate of drug-likeness (QED) is 0.753. The van der Waals surface area contributed by atoms with Gasteiger partial charge in [0.1, 0.15) is 5.69 Å². The van der Waals surface area contributed by atoms with E-state index in [4.69, 9.17) is 0 Å². The third kappa shape index (κ3) is 3.85. The first kappa shape index (κ1) is 17.3. The Balaban J connectivity index is 1.43. The van der Waals surface area contributed by atoms with E-state index in [1.54, 1.807) is 5.38 Å². The molecular formula is C19H17N5O2S. The van der Waals surface area contributed by atoms with Gasteiger partial charge in [-0.25, -0.2) is 9.97 Å². The molecule has 1 aliphatic rings. The molecule has 3 heterocycles. The van der Waals surface area contributed by atoms with Crippen molar-refractivity contribution in [2.75, 3.05) is 16.8 Å². The van der Waals surface area contributed by atoms with Crippen LogP contribution in [0.3, 0.4) is 0 Å². The van der Waals surface area contributed by atoms with Gasteiger partial charge in [-0.15, -0.1) is 11.3 Å². The number of rotatable bonds is 4. The molecule has 8 heteroatoms. The normalized spacial score (nSPS) is 13.1. The van der Waals surface area contributed by atoms with Crippen molar-refractivity contribution >= 4 is 34.0 Å². The monoisotopic (exact) mass is 379 g/mol. The second kappa shape index (κ2) is 7.63. The highest BCUT2D eigenvalue weighted by atomic mass is 32.1. The van der Waals surface area contributed by atoms with Crippen molar-refractivity contribution in [1.82, 2.24) is 15.0 Å². The molecule has 0 saturated carbocycles. The number of anilines is 2. The van der Waals surface area contributed by atoms with Crippen molar-refractivity contribution in [3.05, 3.63) is 65.2 Å². The zero-order valence-electron chi connectivity index (χ0n) is 14.5. The Morgan fingerprint density at radius 2 is 2.11 bits per heavy atom. The number of hydrogen-bond acceptors (Lipinski definition) is 6. The number of aromatic nitrogens is 3. The van der Waals surface area contributed by atoms with Gasteiger partial charge in [0.15, 0.2) is 5.13 Å². The molecule has 4 rings (SSSR count). The van der Waals surface area contributed by atoms with Crippen LogP contribution in [0, 0.1) is 0 Å². The highest BCUT2D eigenvalue weighted by molar-refractivity contribution is 7.14. The molecule has 136 valence electrons. The van der Waals surface area contributed by atoms with Crippen LogP contribution in [0.4, 0.5) is 10.8 Å². The lowest BCUT2D eigenvalue weighted by atomic mass is 10.0. The van der Waals surface area contributed by atoms with Gasteiger partial charge in [0.2, 0.25) is 5.91 Å². The van der Waals surface area contributed by atoms with Crippen molar-refractivity contribution in [1.29, 1.82) is 0 Å². The number of benzene rings is 1. The number of carbonyl (C=O) groups excluding carboxylic acids is 2. The Hall–Kier alpha value is -3.13. The molecule has 0 unspecified atom stereocenters.